The maximum absolute atomic E-state index is 12.0. The predicted octanol–water partition coefficient (Wildman–Crippen LogP) is 4.78. The van der Waals surface area contributed by atoms with Gasteiger partial charge in [0.1, 0.15) is 0 Å². The highest BCUT2D eigenvalue weighted by Crippen LogP contribution is 2.30. The molecule has 1 aliphatic heterocycles. The highest BCUT2D eigenvalue weighted by molar-refractivity contribution is 6.73. The molecule has 0 N–H and O–H groups in total. The van der Waals surface area contributed by atoms with Gasteiger partial charge in [0.2, 0.25) is 6.29 Å². The van der Waals surface area contributed by atoms with Crippen LogP contribution in [0.15, 0.2) is 42.0 Å². The zero-order valence-electron chi connectivity index (χ0n) is 18.4. The number of esters is 2. The second kappa shape index (κ2) is 11.7. The highest BCUT2D eigenvalue weighted by Gasteiger charge is 2.40. The molecule has 162 valence electrons. The van der Waals surface area contributed by atoms with E-state index in [1.807, 2.05) is 18.2 Å². The van der Waals surface area contributed by atoms with E-state index in [-0.39, 0.29) is 0 Å². The van der Waals surface area contributed by atoms with E-state index in [0.29, 0.717) is 12.0 Å². The summed E-state index contributed by atoms with van der Waals surface area (Å²) in [4.78, 5) is 23.6. The standard InChI is InChI=1S/C24H32O5Si/c1-5-30(6-2,7-3)29-24-21(18-23(26)28-24)22(27-19(4)25)17-13-9-12-16-20-14-10-8-11-15-20/h8,10-11,14-15,18,22,24H,5-7,9,12,16H2,1-4H3. The van der Waals surface area contributed by atoms with Crippen molar-refractivity contribution in [2.24, 2.45) is 0 Å². The van der Waals surface area contributed by atoms with Gasteiger partial charge in [-0.15, -0.1) is 0 Å². The van der Waals surface area contributed by atoms with Gasteiger partial charge in [0.05, 0.1) is 5.57 Å². The van der Waals surface area contributed by atoms with Crippen LogP contribution in [0.5, 0.6) is 0 Å². The van der Waals surface area contributed by atoms with Gasteiger partial charge < -0.3 is 13.9 Å². The molecule has 0 aromatic heterocycles. The van der Waals surface area contributed by atoms with Crippen molar-refractivity contribution in [1.82, 2.24) is 0 Å². The minimum atomic E-state index is -2.03. The minimum absolute atomic E-state index is 0.456. The van der Waals surface area contributed by atoms with Gasteiger partial charge in [0.25, 0.3) is 0 Å². The van der Waals surface area contributed by atoms with E-state index < -0.39 is 32.6 Å². The zero-order valence-corrected chi connectivity index (χ0v) is 19.4. The van der Waals surface area contributed by atoms with Crippen LogP contribution in [0.2, 0.25) is 18.1 Å². The Kier molecular flexibility index (Phi) is 9.35. The number of unbranched alkanes of at least 4 members (excludes halogenated alkanes) is 1. The van der Waals surface area contributed by atoms with Crippen molar-refractivity contribution in [1.29, 1.82) is 0 Å². The lowest BCUT2D eigenvalue weighted by molar-refractivity contribution is -0.151. The van der Waals surface area contributed by atoms with Crippen LogP contribution in [0, 0.1) is 11.8 Å². The number of ether oxygens (including phenoxy) is 2. The predicted molar refractivity (Wildman–Crippen MR) is 119 cm³/mol. The topological polar surface area (TPSA) is 61.8 Å². The van der Waals surface area contributed by atoms with Crippen molar-refractivity contribution < 1.29 is 23.5 Å². The van der Waals surface area contributed by atoms with Gasteiger partial charge in [-0.3, -0.25) is 4.79 Å². The average molecular weight is 429 g/mol. The molecule has 1 aromatic rings. The van der Waals surface area contributed by atoms with E-state index >= 15 is 0 Å². The molecular weight excluding hydrogens is 396 g/mol. The smallest absolute Gasteiger partial charge is 0.333 e. The van der Waals surface area contributed by atoms with E-state index in [0.717, 1.165) is 31.0 Å². The normalized spacial score (nSPS) is 16.9. The first-order valence-corrected chi connectivity index (χ1v) is 13.3. The van der Waals surface area contributed by atoms with Crippen LogP contribution in [-0.2, 0) is 29.9 Å². The Labute approximate surface area is 180 Å². The molecule has 2 atom stereocenters. The number of cyclic esters (lactones) is 1. The van der Waals surface area contributed by atoms with E-state index in [9.17, 15) is 9.59 Å². The number of hydrogen-bond donors (Lipinski definition) is 0. The lowest BCUT2D eigenvalue weighted by atomic mass is 10.1. The fourth-order valence-electron chi connectivity index (χ4n) is 3.47. The molecule has 0 spiro atoms. The fraction of sp³-hybridized carbons (Fsp3) is 0.500. The molecule has 0 saturated heterocycles. The van der Waals surface area contributed by atoms with E-state index in [2.05, 4.69) is 44.7 Å². The highest BCUT2D eigenvalue weighted by atomic mass is 28.4. The van der Waals surface area contributed by atoms with Gasteiger partial charge in [-0.25, -0.2) is 4.79 Å². The summed E-state index contributed by atoms with van der Waals surface area (Å²) in [7, 11) is -2.03. The Bertz CT molecular complexity index is 794. The summed E-state index contributed by atoms with van der Waals surface area (Å²) in [6.45, 7) is 7.65. The molecule has 2 rings (SSSR count). The van der Waals surface area contributed by atoms with Crippen LogP contribution >= 0.6 is 0 Å². The average Bonchev–Trinajstić information content (AvgIpc) is 3.11. The van der Waals surface area contributed by atoms with Crippen LogP contribution in [-0.4, -0.2) is 32.6 Å². The molecule has 1 aliphatic rings. The van der Waals surface area contributed by atoms with Crippen LogP contribution in [0.3, 0.4) is 0 Å². The molecule has 2 unspecified atom stereocenters. The first-order chi connectivity index (χ1) is 14.4. The SMILES string of the molecule is CC[Si](CC)(CC)OC1OC(=O)C=C1C(C#CCCCc1ccccc1)OC(C)=O. The van der Waals surface area contributed by atoms with E-state index in [1.54, 1.807) is 0 Å². The summed E-state index contributed by atoms with van der Waals surface area (Å²) in [6, 6.07) is 13.0. The number of carbonyl (C=O) groups excluding carboxylic acids is 2. The first-order valence-electron chi connectivity index (χ1n) is 10.7. The van der Waals surface area contributed by atoms with E-state index in [4.69, 9.17) is 13.9 Å². The number of aryl methyl sites for hydroxylation is 1. The van der Waals surface area contributed by atoms with Crippen molar-refractivity contribution in [2.45, 2.75) is 77.5 Å². The molecule has 0 radical (unpaired) electrons. The van der Waals surface area contributed by atoms with Gasteiger partial charge in [0.15, 0.2) is 14.4 Å². The summed E-state index contributed by atoms with van der Waals surface area (Å²) in [5, 5.41) is 0. The first kappa shape index (κ1) is 23.9. The Morgan fingerprint density at radius 2 is 1.83 bits per heavy atom. The monoisotopic (exact) mass is 428 g/mol. The lowest BCUT2D eigenvalue weighted by Gasteiger charge is -2.32. The maximum Gasteiger partial charge on any atom is 0.333 e. The van der Waals surface area contributed by atoms with Crippen LogP contribution < -0.4 is 0 Å². The zero-order chi connectivity index (χ0) is 22.0. The van der Waals surface area contributed by atoms with Gasteiger partial charge in [-0.1, -0.05) is 62.9 Å². The molecule has 5 nitrogen and oxygen atoms in total. The largest absolute Gasteiger partial charge is 0.444 e. The van der Waals surface area contributed by atoms with Gasteiger partial charge in [0, 0.05) is 19.4 Å². The number of carbonyl (C=O) groups is 2. The van der Waals surface area contributed by atoms with Gasteiger partial charge >= 0.3 is 11.9 Å². The van der Waals surface area contributed by atoms with Crippen LogP contribution in [0.4, 0.5) is 0 Å². The summed E-state index contributed by atoms with van der Waals surface area (Å²) >= 11 is 0. The van der Waals surface area contributed by atoms with Gasteiger partial charge in [-0.2, -0.15) is 0 Å². The summed E-state index contributed by atoms with van der Waals surface area (Å²) in [6.07, 6.45) is 2.19. The molecular formula is C24H32O5Si. The van der Waals surface area contributed by atoms with E-state index in [1.165, 1.54) is 18.6 Å². The van der Waals surface area contributed by atoms with Crippen molar-refractivity contribution >= 4 is 20.3 Å². The fourth-order valence-corrected chi connectivity index (χ4v) is 6.11. The van der Waals surface area contributed by atoms with Crippen LogP contribution in [0.25, 0.3) is 0 Å². The number of rotatable bonds is 10. The Morgan fingerprint density at radius 1 is 1.17 bits per heavy atom. The molecule has 30 heavy (non-hydrogen) atoms. The number of hydrogen-bond acceptors (Lipinski definition) is 5. The van der Waals surface area contributed by atoms with Gasteiger partial charge in [-0.05, 0) is 36.5 Å². The van der Waals surface area contributed by atoms with Crippen molar-refractivity contribution in [2.75, 3.05) is 0 Å². The second-order valence-electron chi connectivity index (χ2n) is 7.42. The molecule has 6 heteroatoms. The Balaban J connectivity index is 2.09. The summed E-state index contributed by atoms with van der Waals surface area (Å²) in [5.41, 5.74) is 1.75. The van der Waals surface area contributed by atoms with Crippen molar-refractivity contribution in [3.05, 3.63) is 47.5 Å². The number of benzene rings is 1. The molecule has 0 aliphatic carbocycles. The molecule has 1 heterocycles. The summed E-state index contributed by atoms with van der Waals surface area (Å²) in [5.74, 6) is 5.17. The third-order valence-electron chi connectivity index (χ3n) is 5.50. The Hall–Kier alpha value is -2.36. The quantitative estimate of drug-likeness (QED) is 0.232. The van der Waals surface area contributed by atoms with Crippen molar-refractivity contribution in [3.8, 4) is 11.8 Å². The third-order valence-corrected chi connectivity index (χ3v) is 10.1. The Morgan fingerprint density at radius 3 is 2.43 bits per heavy atom. The molecule has 0 bridgehead atoms. The minimum Gasteiger partial charge on any atom is -0.444 e. The second-order valence-corrected chi connectivity index (χ2v) is 12.1. The van der Waals surface area contributed by atoms with Crippen molar-refractivity contribution in [3.63, 3.8) is 0 Å². The lowest BCUT2D eigenvalue weighted by Crippen LogP contribution is -2.42. The molecule has 0 saturated carbocycles. The maximum atomic E-state index is 12.0. The molecule has 1 aromatic carbocycles. The van der Waals surface area contributed by atoms with Crippen LogP contribution in [0.1, 0.15) is 46.1 Å². The molecule has 0 fully saturated rings. The molecule has 0 amide bonds. The summed E-state index contributed by atoms with van der Waals surface area (Å²) < 4.78 is 17.2. The third kappa shape index (κ3) is 6.86.